The number of hydrogen-bond donors (Lipinski definition) is 3. The van der Waals surface area contributed by atoms with Crippen LogP contribution in [0.3, 0.4) is 0 Å². The molecule has 0 unspecified atom stereocenters. The van der Waals surface area contributed by atoms with Gasteiger partial charge < -0.3 is 16.2 Å². The third-order valence-corrected chi connectivity index (χ3v) is 2.89. The van der Waals surface area contributed by atoms with E-state index < -0.39 is 30.2 Å². The number of carboxylic acids is 1. The van der Waals surface area contributed by atoms with Crippen molar-refractivity contribution >= 4 is 28.7 Å². The molecule has 2 rings (SSSR count). The van der Waals surface area contributed by atoms with E-state index in [-0.39, 0.29) is 5.56 Å². The van der Waals surface area contributed by atoms with Gasteiger partial charge in [-0.25, -0.2) is 4.79 Å². The molecular formula is C14H13N3O4. The van der Waals surface area contributed by atoms with Crippen LogP contribution in [0.2, 0.25) is 0 Å². The SMILES string of the molecule is NC(=O)C[C@H](NC(=O)c1cccc2cccnc12)C(=O)O. The van der Waals surface area contributed by atoms with Gasteiger partial charge in [0.05, 0.1) is 17.5 Å². The normalized spacial score (nSPS) is 11.8. The highest BCUT2D eigenvalue weighted by Crippen LogP contribution is 2.16. The quantitative estimate of drug-likeness (QED) is 0.729. The lowest BCUT2D eigenvalue weighted by molar-refractivity contribution is -0.140. The van der Waals surface area contributed by atoms with Crippen LogP contribution in [0.15, 0.2) is 36.5 Å². The third-order valence-electron chi connectivity index (χ3n) is 2.89. The van der Waals surface area contributed by atoms with Crippen molar-refractivity contribution in [1.82, 2.24) is 10.3 Å². The first-order chi connectivity index (χ1) is 9.99. The smallest absolute Gasteiger partial charge is 0.326 e. The third kappa shape index (κ3) is 3.33. The van der Waals surface area contributed by atoms with Crippen molar-refractivity contribution in [2.75, 3.05) is 0 Å². The second-order valence-corrected chi connectivity index (χ2v) is 4.42. The molecule has 1 aromatic heterocycles. The second kappa shape index (κ2) is 6.00. The van der Waals surface area contributed by atoms with Crippen LogP contribution < -0.4 is 11.1 Å². The van der Waals surface area contributed by atoms with Crippen molar-refractivity contribution in [3.8, 4) is 0 Å². The Labute approximate surface area is 119 Å². The Kier molecular flexibility index (Phi) is 4.13. The summed E-state index contributed by atoms with van der Waals surface area (Å²) in [5.74, 6) is -2.75. The van der Waals surface area contributed by atoms with E-state index in [9.17, 15) is 14.4 Å². The van der Waals surface area contributed by atoms with Gasteiger partial charge in [0.25, 0.3) is 5.91 Å². The number of fused-ring (bicyclic) bond motifs is 1. The van der Waals surface area contributed by atoms with Gasteiger partial charge in [-0.2, -0.15) is 0 Å². The minimum absolute atomic E-state index is 0.240. The fourth-order valence-electron chi connectivity index (χ4n) is 1.92. The Morgan fingerprint density at radius 2 is 1.95 bits per heavy atom. The van der Waals surface area contributed by atoms with Gasteiger partial charge in [0.15, 0.2) is 0 Å². The van der Waals surface area contributed by atoms with Crippen molar-refractivity contribution in [3.05, 3.63) is 42.1 Å². The number of hydrogen-bond acceptors (Lipinski definition) is 4. The molecule has 21 heavy (non-hydrogen) atoms. The van der Waals surface area contributed by atoms with E-state index in [4.69, 9.17) is 10.8 Å². The monoisotopic (exact) mass is 287 g/mol. The Hall–Kier alpha value is -2.96. The highest BCUT2D eigenvalue weighted by molar-refractivity contribution is 6.06. The fourth-order valence-corrected chi connectivity index (χ4v) is 1.92. The minimum atomic E-state index is -1.37. The van der Waals surface area contributed by atoms with E-state index in [1.165, 1.54) is 12.3 Å². The van der Waals surface area contributed by atoms with Gasteiger partial charge in [-0.15, -0.1) is 0 Å². The highest BCUT2D eigenvalue weighted by atomic mass is 16.4. The van der Waals surface area contributed by atoms with Crippen LogP contribution in [-0.2, 0) is 9.59 Å². The lowest BCUT2D eigenvalue weighted by Gasteiger charge is -2.13. The van der Waals surface area contributed by atoms with Gasteiger partial charge in [0.2, 0.25) is 5.91 Å². The van der Waals surface area contributed by atoms with Gasteiger partial charge in [0, 0.05) is 11.6 Å². The molecule has 7 heteroatoms. The van der Waals surface area contributed by atoms with Crippen molar-refractivity contribution in [3.63, 3.8) is 0 Å². The van der Waals surface area contributed by atoms with Crippen LogP contribution in [0.5, 0.6) is 0 Å². The number of pyridine rings is 1. The van der Waals surface area contributed by atoms with Crippen molar-refractivity contribution in [1.29, 1.82) is 0 Å². The minimum Gasteiger partial charge on any atom is -0.480 e. The van der Waals surface area contributed by atoms with Crippen LogP contribution in [0.25, 0.3) is 10.9 Å². The molecule has 0 fully saturated rings. The number of primary amides is 1. The maximum atomic E-state index is 12.2. The molecule has 0 radical (unpaired) electrons. The lowest BCUT2D eigenvalue weighted by atomic mass is 10.1. The summed E-state index contributed by atoms with van der Waals surface area (Å²) in [4.78, 5) is 38.2. The van der Waals surface area contributed by atoms with E-state index in [1.807, 2.05) is 0 Å². The molecule has 0 aliphatic carbocycles. The summed E-state index contributed by atoms with van der Waals surface area (Å²) in [7, 11) is 0. The largest absolute Gasteiger partial charge is 0.480 e. The van der Waals surface area contributed by atoms with E-state index in [2.05, 4.69) is 10.3 Å². The summed E-state index contributed by atoms with van der Waals surface area (Å²) in [5.41, 5.74) is 5.67. The number of para-hydroxylation sites is 1. The maximum absolute atomic E-state index is 12.2. The van der Waals surface area contributed by atoms with Crippen LogP contribution in [-0.4, -0.2) is 33.9 Å². The Morgan fingerprint density at radius 1 is 1.24 bits per heavy atom. The zero-order valence-electron chi connectivity index (χ0n) is 10.9. The first-order valence-corrected chi connectivity index (χ1v) is 6.14. The molecule has 108 valence electrons. The van der Waals surface area contributed by atoms with Crippen LogP contribution >= 0.6 is 0 Å². The van der Waals surface area contributed by atoms with Gasteiger partial charge in [-0.1, -0.05) is 18.2 Å². The summed E-state index contributed by atoms with van der Waals surface area (Å²) in [6.45, 7) is 0. The second-order valence-electron chi connectivity index (χ2n) is 4.42. The molecular weight excluding hydrogens is 274 g/mol. The Balaban J connectivity index is 2.29. The molecule has 4 N–H and O–H groups in total. The average Bonchev–Trinajstić information content (AvgIpc) is 2.45. The number of carbonyl (C=O) groups excluding carboxylic acids is 2. The molecule has 2 aromatic rings. The summed E-state index contributed by atoms with van der Waals surface area (Å²) in [6.07, 6.45) is 1.07. The molecule has 2 amide bonds. The van der Waals surface area contributed by atoms with Crippen LogP contribution in [0.1, 0.15) is 16.8 Å². The van der Waals surface area contributed by atoms with Crippen LogP contribution in [0.4, 0.5) is 0 Å². The molecule has 0 spiro atoms. The number of nitrogens with two attached hydrogens (primary N) is 1. The summed E-state index contributed by atoms with van der Waals surface area (Å²) >= 11 is 0. The van der Waals surface area contributed by atoms with E-state index in [0.717, 1.165) is 5.39 Å². The topological polar surface area (TPSA) is 122 Å². The van der Waals surface area contributed by atoms with E-state index in [0.29, 0.717) is 5.52 Å². The van der Waals surface area contributed by atoms with E-state index >= 15 is 0 Å². The number of aromatic nitrogens is 1. The van der Waals surface area contributed by atoms with Gasteiger partial charge in [0.1, 0.15) is 6.04 Å². The van der Waals surface area contributed by atoms with Gasteiger partial charge in [-0.05, 0) is 12.1 Å². The predicted molar refractivity (Wildman–Crippen MR) is 74.4 cm³/mol. The molecule has 1 heterocycles. The van der Waals surface area contributed by atoms with Crippen molar-refractivity contribution in [2.45, 2.75) is 12.5 Å². The number of carboxylic acid groups (broad SMARTS) is 1. The molecule has 1 aromatic carbocycles. The van der Waals surface area contributed by atoms with Crippen LogP contribution in [0, 0.1) is 0 Å². The highest BCUT2D eigenvalue weighted by Gasteiger charge is 2.23. The zero-order chi connectivity index (χ0) is 15.4. The molecule has 0 aliphatic rings. The lowest BCUT2D eigenvalue weighted by Crippen LogP contribution is -2.43. The summed E-state index contributed by atoms with van der Waals surface area (Å²) in [6, 6.07) is 7.15. The predicted octanol–water partition coefficient (Wildman–Crippen LogP) is 0.293. The van der Waals surface area contributed by atoms with Crippen molar-refractivity contribution < 1.29 is 19.5 Å². The molecule has 7 nitrogen and oxygen atoms in total. The molecule has 0 bridgehead atoms. The molecule has 0 saturated heterocycles. The first kappa shape index (κ1) is 14.4. The standard InChI is InChI=1S/C14H13N3O4/c15-11(18)7-10(14(20)21)17-13(19)9-5-1-3-8-4-2-6-16-12(8)9/h1-6,10H,7H2,(H2,15,18)(H,17,19)(H,20,21)/t10-/m0/s1. The number of rotatable bonds is 5. The first-order valence-electron chi connectivity index (χ1n) is 6.14. The number of amides is 2. The van der Waals surface area contributed by atoms with E-state index in [1.54, 1.807) is 24.3 Å². The fraction of sp³-hybridized carbons (Fsp3) is 0.143. The summed E-state index contributed by atoms with van der Waals surface area (Å²) < 4.78 is 0. The Morgan fingerprint density at radius 3 is 2.62 bits per heavy atom. The molecule has 0 aliphatic heterocycles. The number of nitrogens with zero attached hydrogens (tertiary/aromatic N) is 1. The maximum Gasteiger partial charge on any atom is 0.326 e. The number of aliphatic carboxylic acids is 1. The zero-order valence-corrected chi connectivity index (χ0v) is 10.9. The summed E-state index contributed by atoms with van der Waals surface area (Å²) in [5, 5.41) is 12.0. The van der Waals surface area contributed by atoms with Gasteiger partial charge >= 0.3 is 5.97 Å². The van der Waals surface area contributed by atoms with Gasteiger partial charge in [-0.3, -0.25) is 14.6 Å². The molecule has 0 saturated carbocycles. The number of carbonyl (C=O) groups is 3. The Bertz CT molecular complexity index is 709. The number of benzene rings is 1. The average molecular weight is 287 g/mol. The van der Waals surface area contributed by atoms with Crippen molar-refractivity contribution in [2.24, 2.45) is 5.73 Å². The number of nitrogens with one attached hydrogen (secondary N) is 1. The molecule has 1 atom stereocenters.